The second kappa shape index (κ2) is 5.08. The molecule has 0 unspecified atom stereocenters. The first-order valence-electron chi connectivity index (χ1n) is 8.14. The van der Waals surface area contributed by atoms with Gasteiger partial charge in [-0.15, -0.1) is 0 Å². The number of aryl methyl sites for hydroxylation is 1. The average Bonchev–Trinajstić information content (AvgIpc) is 2.37. The van der Waals surface area contributed by atoms with Crippen molar-refractivity contribution in [2.24, 2.45) is 5.92 Å². The lowest BCUT2D eigenvalue weighted by atomic mass is 9.65. The maximum Gasteiger partial charge on any atom is 0.127 e. The number of ether oxygens (including phenoxy) is 1. The number of rotatable bonds is 2. The van der Waals surface area contributed by atoms with Crippen LogP contribution in [-0.2, 0) is 6.42 Å². The molecule has 114 valence electrons. The fraction of sp³-hybridized carbons (Fsp3) is 0.579. The van der Waals surface area contributed by atoms with Gasteiger partial charge in [0.05, 0.1) is 0 Å². The Labute approximate surface area is 127 Å². The maximum atomic E-state index is 10.5. The van der Waals surface area contributed by atoms with Gasteiger partial charge < -0.3 is 9.84 Å². The molecular formula is C19H26O2. The molecular weight excluding hydrogens is 260 g/mol. The van der Waals surface area contributed by atoms with Crippen molar-refractivity contribution in [2.75, 3.05) is 0 Å². The highest BCUT2D eigenvalue weighted by molar-refractivity contribution is 5.52. The minimum atomic E-state index is -0.171. The summed E-state index contributed by atoms with van der Waals surface area (Å²) >= 11 is 0. The van der Waals surface area contributed by atoms with E-state index in [4.69, 9.17) is 4.74 Å². The van der Waals surface area contributed by atoms with Crippen LogP contribution in [0.15, 0.2) is 24.3 Å². The van der Waals surface area contributed by atoms with E-state index in [1.165, 1.54) is 5.57 Å². The van der Waals surface area contributed by atoms with Gasteiger partial charge in [-0.1, -0.05) is 25.5 Å². The molecule has 1 saturated carbocycles. The van der Waals surface area contributed by atoms with E-state index in [-0.39, 0.29) is 5.60 Å². The van der Waals surface area contributed by atoms with Crippen LogP contribution >= 0.6 is 0 Å². The SMILES string of the molecule is C=C1CC[C@@H]2[C@@H](C1)c1c(O)cc(CCC)cc1OC2(C)C. The highest BCUT2D eigenvalue weighted by atomic mass is 16.5. The van der Waals surface area contributed by atoms with Crippen molar-refractivity contribution >= 4 is 0 Å². The second-order valence-corrected chi connectivity index (χ2v) is 7.19. The maximum absolute atomic E-state index is 10.5. The number of hydrogen-bond acceptors (Lipinski definition) is 2. The molecule has 1 aromatic rings. The molecule has 0 bridgehead atoms. The van der Waals surface area contributed by atoms with Gasteiger partial charge >= 0.3 is 0 Å². The van der Waals surface area contributed by atoms with Crippen LogP contribution in [0.4, 0.5) is 0 Å². The molecule has 1 aliphatic carbocycles. The molecule has 2 atom stereocenters. The van der Waals surface area contributed by atoms with Gasteiger partial charge in [0.15, 0.2) is 0 Å². The first-order valence-corrected chi connectivity index (χ1v) is 8.14. The fourth-order valence-corrected chi connectivity index (χ4v) is 4.17. The normalized spacial score (nSPS) is 26.7. The zero-order chi connectivity index (χ0) is 15.2. The van der Waals surface area contributed by atoms with E-state index in [1.807, 2.05) is 6.07 Å². The number of aromatic hydroxyl groups is 1. The smallest absolute Gasteiger partial charge is 0.127 e. The molecule has 21 heavy (non-hydrogen) atoms. The predicted molar refractivity (Wildman–Crippen MR) is 86.0 cm³/mol. The van der Waals surface area contributed by atoms with Gasteiger partial charge in [0.2, 0.25) is 0 Å². The highest BCUT2D eigenvalue weighted by Gasteiger charge is 2.46. The Morgan fingerprint density at radius 1 is 1.38 bits per heavy atom. The van der Waals surface area contributed by atoms with E-state index >= 15 is 0 Å². The molecule has 3 rings (SSSR count). The van der Waals surface area contributed by atoms with Crippen LogP contribution in [0.25, 0.3) is 0 Å². The fourth-order valence-electron chi connectivity index (χ4n) is 4.17. The van der Waals surface area contributed by atoms with E-state index in [9.17, 15) is 5.11 Å². The molecule has 1 N–H and O–H groups in total. The summed E-state index contributed by atoms with van der Waals surface area (Å²) in [4.78, 5) is 0. The number of benzene rings is 1. The van der Waals surface area contributed by atoms with Crippen molar-refractivity contribution in [3.63, 3.8) is 0 Å². The van der Waals surface area contributed by atoms with Gasteiger partial charge in [-0.05, 0) is 57.2 Å². The Kier molecular flexibility index (Phi) is 3.51. The molecule has 2 nitrogen and oxygen atoms in total. The van der Waals surface area contributed by atoms with Gasteiger partial charge in [-0.25, -0.2) is 0 Å². The zero-order valence-corrected chi connectivity index (χ0v) is 13.4. The van der Waals surface area contributed by atoms with Crippen molar-refractivity contribution in [2.45, 2.75) is 64.4 Å². The van der Waals surface area contributed by atoms with Crippen molar-refractivity contribution in [3.05, 3.63) is 35.4 Å². The molecule has 0 radical (unpaired) electrons. The summed E-state index contributed by atoms with van der Waals surface area (Å²) in [5.41, 5.74) is 3.31. The lowest BCUT2D eigenvalue weighted by Crippen LogP contribution is -2.46. The second-order valence-electron chi connectivity index (χ2n) is 7.19. The predicted octanol–water partition coefficient (Wildman–Crippen LogP) is 4.96. The molecule has 2 aliphatic rings. The molecule has 0 aromatic heterocycles. The van der Waals surface area contributed by atoms with E-state index in [2.05, 4.69) is 33.4 Å². The van der Waals surface area contributed by atoms with Gasteiger partial charge in [0.25, 0.3) is 0 Å². The van der Waals surface area contributed by atoms with Crippen molar-refractivity contribution < 1.29 is 9.84 Å². The number of fused-ring (bicyclic) bond motifs is 3. The van der Waals surface area contributed by atoms with Gasteiger partial charge in [0, 0.05) is 17.4 Å². The van der Waals surface area contributed by atoms with Gasteiger partial charge in [-0.3, -0.25) is 0 Å². The van der Waals surface area contributed by atoms with E-state index in [1.54, 1.807) is 0 Å². The molecule has 0 spiro atoms. The van der Waals surface area contributed by atoms with Crippen molar-refractivity contribution in [1.29, 1.82) is 0 Å². The molecule has 2 heteroatoms. The number of allylic oxidation sites excluding steroid dienone is 1. The first kappa shape index (κ1) is 14.5. The molecule has 1 heterocycles. The van der Waals surface area contributed by atoms with Gasteiger partial charge in [0.1, 0.15) is 17.1 Å². The summed E-state index contributed by atoms with van der Waals surface area (Å²) in [6.45, 7) is 10.7. The minimum absolute atomic E-state index is 0.171. The Hall–Kier alpha value is -1.44. The largest absolute Gasteiger partial charge is 0.508 e. The number of hydrogen-bond donors (Lipinski definition) is 1. The summed E-state index contributed by atoms with van der Waals surface area (Å²) in [5.74, 6) is 2.11. The average molecular weight is 286 g/mol. The number of phenols is 1. The van der Waals surface area contributed by atoms with Crippen molar-refractivity contribution in [1.82, 2.24) is 0 Å². The molecule has 1 aromatic carbocycles. The lowest BCUT2D eigenvalue weighted by molar-refractivity contribution is -0.000848. The first-order chi connectivity index (χ1) is 9.92. The van der Waals surface area contributed by atoms with Crippen LogP contribution < -0.4 is 4.74 Å². The molecule has 0 amide bonds. The molecule has 1 fully saturated rings. The monoisotopic (exact) mass is 286 g/mol. The third-order valence-electron chi connectivity index (χ3n) is 5.16. The summed E-state index contributed by atoms with van der Waals surface area (Å²) in [5, 5.41) is 10.5. The molecule has 1 aliphatic heterocycles. The summed E-state index contributed by atoms with van der Waals surface area (Å²) in [6, 6.07) is 4.06. The third kappa shape index (κ3) is 2.45. The van der Waals surface area contributed by atoms with Crippen molar-refractivity contribution in [3.8, 4) is 11.5 Å². The van der Waals surface area contributed by atoms with Crippen LogP contribution in [0, 0.1) is 5.92 Å². The quantitative estimate of drug-likeness (QED) is 0.779. The van der Waals surface area contributed by atoms with Crippen LogP contribution in [0.2, 0.25) is 0 Å². The van der Waals surface area contributed by atoms with E-state index in [0.717, 1.165) is 49.0 Å². The molecule has 0 saturated heterocycles. The summed E-state index contributed by atoms with van der Waals surface area (Å²) in [7, 11) is 0. The van der Waals surface area contributed by atoms with E-state index < -0.39 is 0 Å². The standard InChI is InChI=1S/C19H26O2/c1-5-6-13-10-16(20)18-14-9-12(2)7-8-15(14)19(3,4)21-17(18)11-13/h10-11,14-15,20H,2,5-9H2,1,3-4H3/t14-,15-/m1/s1. The van der Waals surface area contributed by atoms with Crippen LogP contribution in [0.5, 0.6) is 11.5 Å². The zero-order valence-electron chi connectivity index (χ0n) is 13.4. The van der Waals surface area contributed by atoms with Crippen LogP contribution in [0.1, 0.15) is 63.5 Å². The summed E-state index contributed by atoms with van der Waals surface area (Å²) < 4.78 is 6.30. The minimum Gasteiger partial charge on any atom is -0.508 e. The lowest BCUT2D eigenvalue weighted by Gasteiger charge is -2.48. The Morgan fingerprint density at radius 3 is 2.86 bits per heavy atom. The Balaban J connectivity index is 2.09. The Bertz CT molecular complexity index is 571. The third-order valence-corrected chi connectivity index (χ3v) is 5.16. The topological polar surface area (TPSA) is 29.5 Å². The summed E-state index contributed by atoms with van der Waals surface area (Å²) in [6.07, 6.45) is 5.21. The van der Waals surface area contributed by atoms with Crippen LogP contribution in [-0.4, -0.2) is 10.7 Å². The van der Waals surface area contributed by atoms with Gasteiger partial charge in [-0.2, -0.15) is 0 Å². The number of phenolic OH excluding ortho intramolecular Hbond substituents is 1. The van der Waals surface area contributed by atoms with E-state index in [0.29, 0.717) is 17.6 Å². The Morgan fingerprint density at radius 2 is 2.14 bits per heavy atom. The van der Waals surface area contributed by atoms with Crippen LogP contribution in [0.3, 0.4) is 0 Å². The highest BCUT2D eigenvalue weighted by Crippen LogP contribution is 2.55.